The van der Waals surface area contributed by atoms with E-state index in [2.05, 4.69) is 0 Å². The molecule has 0 bridgehead atoms. The van der Waals surface area contributed by atoms with Crippen molar-refractivity contribution >= 4 is 17.9 Å². The summed E-state index contributed by atoms with van der Waals surface area (Å²) in [5, 5.41) is 10.2. The smallest absolute Gasteiger partial charge is 0.163 e. The molecule has 4 heteroatoms. The Bertz CT molecular complexity index is 1010. The highest BCUT2D eigenvalue weighted by Crippen LogP contribution is 2.25. The number of carbonyl (C=O) groups excluding carboxylic acids is 1. The summed E-state index contributed by atoms with van der Waals surface area (Å²) in [4.78, 5) is 11.5. The van der Waals surface area contributed by atoms with Gasteiger partial charge in [-0.25, -0.2) is 4.39 Å². The molecule has 3 aromatic rings. The normalized spacial score (nSPS) is 11.0. The van der Waals surface area contributed by atoms with Crippen LogP contribution in [0.5, 0.6) is 11.5 Å². The van der Waals surface area contributed by atoms with Crippen molar-refractivity contribution in [2.45, 2.75) is 26.2 Å². The number of phenols is 1. The number of rotatable bonds is 9. The lowest BCUT2D eigenvalue weighted by atomic mass is 10.0. The summed E-state index contributed by atoms with van der Waals surface area (Å²) >= 11 is 0. The van der Waals surface area contributed by atoms with Crippen molar-refractivity contribution in [3.63, 3.8) is 0 Å². The molecule has 3 rings (SSSR count). The Hall–Kier alpha value is -3.40. The van der Waals surface area contributed by atoms with Gasteiger partial charge in [-0.1, -0.05) is 48.6 Å². The van der Waals surface area contributed by atoms with Crippen LogP contribution in [-0.4, -0.2) is 17.5 Å². The minimum Gasteiger partial charge on any atom is -0.507 e. The van der Waals surface area contributed by atoms with Crippen molar-refractivity contribution in [1.82, 2.24) is 0 Å². The molecule has 0 atom stereocenters. The number of aromatic hydroxyl groups is 1. The van der Waals surface area contributed by atoms with Crippen molar-refractivity contribution in [3.8, 4) is 11.5 Å². The van der Waals surface area contributed by atoms with Crippen LogP contribution in [0.2, 0.25) is 0 Å². The molecule has 30 heavy (non-hydrogen) atoms. The predicted octanol–water partition coefficient (Wildman–Crippen LogP) is 6.31. The van der Waals surface area contributed by atoms with E-state index in [1.165, 1.54) is 19.1 Å². The van der Waals surface area contributed by atoms with E-state index in [1.807, 2.05) is 42.5 Å². The maximum absolute atomic E-state index is 12.9. The van der Waals surface area contributed by atoms with Crippen molar-refractivity contribution < 1.29 is 19.0 Å². The van der Waals surface area contributed by atoms with Crippen LogP contribution < -0.4 is 4.74 Å². The van der Waals surface area contributed by atoms with Gasteiger partial charge in [-0.15, -0.1) is 0 Å². The Morgan fingerprint density at radius 1 is 0.967 bits per heavy atom. The first-order valence-corrected chi connectivity index (χ1v) is 10.0. The Labute approximate surface area is 176 Å². The zero-order chi connectivity index (χ0) is 21.3. The second-order valence-electron chi connectivity index (χ2n) is 7.13. The van der Waals surface area contributed by atoms with E-state index in [4.69, 9.17) is 4.74 Å². The first kappa shape index (κ1) is 21.3. The molecule has 0 aromatic heterocycles. The third-order valence-corrected chi connectivity index (χ3v) is 4.82. The van der Waals surface area contributed by atoms with Crippen LogP contribution in [-0.2, 0) is 6.42 Å². The molecule has 0 aliphatic rings. The number of unbranched alkanes of at least 4 members (excludes halogenated alkanes) is 1. The first-order chi connectivity index (χ1) is 14.5. The maximum Gasteiger partial charge on any atom is 0.163 e. The van der Waals surface area contributed by atoms with E-state index in [9.17, 15) is 14.3 Å². The third-order valence-electron chi connectivity index (χ3n) is 4.82. The van der Waals surface area contributed by atoms with E-state index in [-0.39, 0.29) is 17.3 Å². The number of carbonyl (C=O) groups is 1. The second-order valence-corrected chi connectivity index (χ2v) is 7.13. The number of aryl methyl sites for hydroxylation is 1. The summed E-state index contributed by atoms with van der Waals surface area (Å²) in [6.07, 6.45) is 6.48. The average Bonchev–Trinajstić information content (AvgIpc) is 2.75. The highest BCUT2D eigenvalue weighted by atomic mass is 19.1. The second kappa shape index (κ2) is 10.4. The number of ketones is 1. The highest BCUT2D eigenvalue weighted by molar-refractivity contribution is 5.98. The van der Waals surface area contributed by atoms with Gasteiger partial charge >= 0.3 is 0 Å². The summed E-state index contributed by atoms with van der Waals surface area (Å²) in [5.74, 6) is 0.431. The van der Waals surface area contributed by atoms with E-state index >= 15 is 0 Å². The van der Waals surface area contributed by atoms with Gasteiger partial charge in [0, 0.05) is 5.56 Å². The van der Waals surface area contributed by atoms with Crippen molar-refractivity contribution in [1.29, 1.82) is 0 Å². The number of para-hydroxylation sites is 1. The number of phenolic OH excluding ortho intramolecular Hbond substituents is 1. The summed E-state index contributed by atoms with van der Waals surface area (Å²) in [5.41, 5.74) is 3.02. The number of ether oxygens (including phenoxy) is 1. The van der Waals surface area contributed by atoms with Crippen molar-refractivity contribution in [3.05, 3.63) is 94.8 Å². The summed E-state index contributed by atoms with van der Waals surface area (Å²) < 4.78 is 18.7. The van der Waals surface area contributed by atoms with Gasteiger partial charge in [0.15, 0.2) is 5.78 Å². The van der Waals surface area contributed by atoms with Gasteiger partial charge in [0.05, 0.1) is 12.2 Å². The molecule has 3 aromatic carbocycles. The van der Waals surface area contributed by atoms with Crippen LogP contribution in [0.3, 0.4) is 0 Å². The van der Waals surface area contributed by atoms with Gasteiger partial charge < -0.3 is 9.84 Å². The Balaban J connectivity index is 1.47. The van der Waals surface area contributed by atoms with E-state index < -0.39 is 0 Å². The van der Waals surface area contributed by atoms with Crippen LogP contribution in [0.25, 0.3) is 12.2 Å². The Morgan fingerprint density at radius 2 is 1.70 bits per heavy atom. The summed E-state index contributed by atoms with van der Waals surface area (Å²) in [7, 11) is 0. The highest BCUT2D eigenvalue weighted by Gasteiger charge is 2.08. The zero-order valence-electron chi connectivity index (χ0n) is 17.0. The number of halogens is 1. The van der Waals surface area contributed by atoms with Crippen LogP contribution in [0, 0.1) is 5.82 Å². The average molecular weight is 404 g/mol. The molecule has 0 saturated carbocycles. The van der Waals surface area contributed by atoms with Crippen molar-refractivity contribution in [2.75, 3.05) is 6.61 Å². The van der Waals surface area contributed by atoms with Crippen LogP contribution in [0.15, 0.2) is 66.7 Å². The van der Waals surface area contributed by atoms with Gasteiger partial charge in [0.1, 0.15) is 17.3 Å². The van der Waals surface area contributed by atoms with E-state index in [0.717, 1.165) is 36.1 Å². The molecule has 0 aliphatic carbocycles. The molecular formula is C26H25FO3. The SMILES string of the molecule is CC(=O)c1cccc(C=Cc2ccc(OCCCCc3ccc(F)cc3)cc2)c1O. The minimum absolute atomic E-state index is 0.00170. The molecular weight excluding hydrogens is 379 g/mol. The standard InChI is InChI=1S/C26H25FO3/c1-19(28)25-7-4-6-22(26(25)29)13-8-21-11-16-24(17-12-21)30-18-3-2-5-20-9-14-23(27)15-10-20/h4,6-17,29H,2-3,5,18H2,1H3. The van der Waals surface area contributed by atoms with Gasteiger partial charge in [0.25, 0.3) is 0 Å². The van der Waals surface area contributed by atoms with Crippen LogP contribution in [0.1, 0.15) is 46.8 Å². The Morgan fingerprint density at radius 3 is 2.40 bits per heavy atom. The molecule has 3 nitrogen and oxygen atoms in total. The molecule has 0 spiro atoms. The topological polar surface area (TPSA) is 46.5 Å². The largest absolute Gasteiger partial charge is 0.507 e. The summed E-state index contributed by atoms with van der Waals surface area (Å²) in [6, 6.07) is 19.4. The number of benzene rings is 3. The molecule has 0 unspecified atom stereocenters. The fourth-order valence-electron chi connectivity index (χ4n) is 3.11. The van der Waals surface area contributed by atoms with E-state index in [0.29, 0.717) is 17.7 Å². The van der Waals surface area contributed by atoms with Crippen LogP contribution in [0.4, 0.5) is 4.39 Å². The maximum atomic E-state index is 12.9. The van der Waals surface area contributed by atoms with Gasteiger partial charge in [-0.05, 0) is 67.6 Å². The lowest BCUT2D eigenvalue weighted by molar-refractivity contribution is 0.101. The molecule has 0 heterocycles. The molecule has 0 saturated heterocycles. The van der Waals surface area contributed by atoms with Gasteiger partial charge in [-0.3, -0.25) is 4.79 Å². The molecule has 154 valence electrons. The van der Waals surface area contributed by atoms with Gasteiger partial charge in [-0.2, -0.15) is 0 Å². The van der Waals surface area contributed by atoms with Gasteiger partial charge in [0.2, 0.25) is 0 Å². The molecule has 0 radical (unpaired) electrons. The Kier molecular flexibility index (Phi) is 7.39. The molecule has 0 fully saturated rings. The fourth-order valence-corrected chi connectivity index (χ4v) is 3.11. The fraction of sp³-hybridized carbons (Fsp3) is 0.192. The monoisotopic (exact) mass is 404 g/mol. The lowest BCUT2D eigenvalue weighted by Gasteiger charge is -2.07. The lowest BCUT2D eigenvalue weighted by Crippen LogP contribution is -1.98. The molecule has 1 N–H and O–H groups in total. The minimum atomic E-state index is -0.207. The predicted molar refractivity (Wildman–Crippen MR) is 118 cm³/mol. The van der Waals surface area contributed by atoms with E-state index in [1.54, 1.807) is 24.3 Å². The van der Waals surface area contributed by atoms with Crippen LogP contribution >= 0.6 is 0 Å². The van der Waals surface area contributed by atoms with Crippen molar-refractivity contribution in [2.24, 2.45) is 0 Å². The number of Topliss-reactive ketones (excluding diaryl/α,β-unsaturated/α-hetero) is 1. The first-order valence-electron chi connectivity index (χ1n) is 10.0. The zero-order valence-corrected chi connectivity index (χ0v) is 17.0. The molecule has 0 aliphatic heterocycles. The quantitative estimate of drug-likeness (QED) is 0.258. The summed E-state index contributed by atoms with van der Waals surface area (Å²) in [6.45, 7) is 2.06. The number of hydrogen-bond acceptors (Lipinski definition) is 3. The number of hydrogen-bond donors (Lipinski definition) is 1. The molecule has 0 amide bonds. The third kappa shape index (κ3) is 6.05.